The first-order valence-corrected chi connectivity index (χ1v) is 8.19. The lowest BCUT2D eigenvalue weighted by Gasteiger charge is -1.98. The maximum absolute atomic E-state index is 6.18. The Labute approximate surface area is 153 Å². The van der Waals surface area contributed by atoms with Gasteiger partial charge in [-0.1, -0.05) is 63.3 Å². The van der Waals surface area contributed by atoms with E-state index in [1.807, 2.05) is 31.2 Å². The van der Waals surface area contributed by atoms with Gasteiger partial charge in [0.25, 0.3) is 5.89 Å². The number of hydrogen-bond acceptors (Lipinski definition) is 5. The van der Waals surface area contributed by atoms with Gasteiger partial charge in [0.1, 0.15) is 0 Å². The van der Waals surface area contributed by atoms with E-state index in [-0.39, 0.29) is 5.89 Å². The van der Waals surface area contributed by atoms with Gasteiger partial charge in [0.2, 0.25) is 5.82 Å². The van der Waals surface area contributed by atoms with Crippen molar-refractivity contribution in [3.05, 3.63) is 64.1 Å². The van der Waals surface area contributed by atoms with Crippen molar-refractivity contribution in [3.8, 4) is 34.3 Å². The minimum atomic E-state index is 0.253. The quantitative estimate of drug-likeness (QED) is 0.463. The highest BCUT2D eigenvalue weighted by Gasteiger charge is 2.17. The maximum atomic E-state index is 6.18. The second-order valence-corrected chi connectivity index (χ2v) is 6.33. The molecule has 0 saturated carbocycles. The lowest BCUT2D eigenvalue weighted by atomic mass is 10.1. The van der Waals surface area contributed by atoms with E-state index in [2.05, 4.69) is 15.3 Å². The number of aryl methyl sites for hydroxylation is 1. The molecule has 0 saturated heterocycles. The van der Waals surface area contributed by atoms with Crippen LogP contribution in [-0.4, -0.2) is 15.3 Å². The Morgan fingerprint density at radius 2 is 1.68 bits per heavy atom. The monoisotopic (exact) mass is 371 g/mol. The van der Waals surface area contributed by atoms with Crippen molar-refractivity contribution in [2.45, 2.75) is 6.92 Å². The molecule has 0 bridgehead atoms. The summed E-state index contributed by atoms with van der Waals surface area (Å²) in [6.45, 7) is 2.03. The highest BCUT2D eigenvalue weighted by molar-refractivity contribution is 6.36. The van der Waals surface area contributed by atoms with Crippen molar-refractivity contribution in [1.29, 1.82) is 0 Å². The molecule has 0 aliphatic heterocycles. The number of halogens is 2. The number of hydrogen-bond donors (Lipinski definition) is 0. The van der Waals surface area contributed by atoms with Gasteiger partial charge in [-0.25, -0.2) is 0 Å². The summed E-state index contributed by atoms with van der Waals surface area (Å²) in [6, 6.07) is 14.8. The molecule has 0 amide bonds. The zero-order valence-electron chi connectivity index (χ0n) is 13.0. The third kappa shape index (κ3) is 3.16. The van der Waals surface area contributed by atoms with E-state index in [0.29, 0.717) is 32.9 Å². The summed E-state index contributed by atoms with van der Waals surface area (Å²) in [6.07, 6.45) is 0. The Morgan fingerprint density at radius 1 is 0.880 bits per heavy atom. The van der Waals surface area contributed by atoms with Gasteiger partial charge in [-0.15, -0.1) is 0 Å². The molecule has 0 fully saturated rings. The van der Waals surface area contributed by atoms with E-state index in [0.717, 1.165) is 5.56 Å². The van der Waals surface area contributed by atoms with Crippen molar-refractivity contribution in [1.82, 2.24) is 15.3 Å². The number of aromatic nitrogens is 3. The molecular weight excluding hydrogens is 361 g/mol. The molecule has 2 aromatic heterocycles. The fourth-order valence-electron chi connectivity index (χ4n) is 2.34. The van der Waals surface area contributed by atoms with E-state index in [1.165, 1.54) is 5.56 Å². The summed E-state index contributed by atoms with van der Waals surface area (Å²) < 4.78 is 10.7. The number of benzene rings is 2. The van der Waals surface area contributed by atoms with Crippen LogP contribution in [0, 0.1) is 6.92 Å². The first kappa shape index (κ1) is 15.9. The van der Waals surface area contributed by atoms with Crippen molar-refractivity contribution < 1.29 is 9.05 Å². The third-order valence-electron chi connectivity index (χ3n) is 3.66. The molecule has 0 spiro atoms. The van der Waals surface area contributed by atoms with Gasteiger partial charge in [0.15, 0.2) is 11.5 Å². The van der Waals surface area contributed by atoms with Crippen LogP contribution in [0.5, 0.6) is 0 Å². The third-order valence-corrected chi connectivity index (χ3v) is 4.21. The Bertz CT molecular complexity index is 1040. The standard InChI is InChI=1S/C18H11Cl2N3O2/c1-10-2-4-11(5-3-10)16-9-15(22-24-16)18-21-17(23-25-18)13-7-6-12(19)8-14(13)20/h2-9H,1H3. The molecule has 0 aliphatic rings. The molecule has 0 N–H and O–H groups in total. The van der Waals surface area contributed by atoms with Gasteiger partial charge < -0.3 is 9.05 Å². The molecule has 0 aliphatic carbocycles. The lowest BCUT2D eigenvalue weighted by molar-refractivity contribution is 0.411. The molecule has 124 valence electrons. The fraction of sp³-hybridized carbons (Fsp3) is 0.0556. The molecule has 0 atom stereocenters. The first-order valence-electron chi connectivity index (χ1n) is 7.43. The highest BCUT2D eigenvalue weighted by Crippen LogP contribution is 2.31. The van der Waals surface area contributed by atoms with E-state index in [4.69, 9.17) is 32.2 Å². The van der Waals surface area contributed by atoms with Gasteiger partial charge in [0, 0.05) is 22.2 Å². The highest BCUT2D eigenvalue weighted by atomic mass is 35.5. The van der Waals surface area contributed by atoms with Crippen LogP contribution in [0.3, 0.4) is 0 Å². The zero-order chi connectivity index (χ0) is 17.4. The maximum Gasteiger partial charge on any atom is 0.280 e. The van der Waals surface area contributed by atoms with Crippen LogP contribution in [0.2, 0.25) is 10.0 Å². The summed E-state index contributed by atoms with van der Waals surface area (Å²) in [4.78, 5) is 4.33. The summed E-state index contributed by atoms with van der Waals surface area (Å²) >= 11 is 12.1. The molecule has 4 rings (SSSR count). The topological polar surface area (TPSA) is 65.0 Å². The Kier molecular flexibility index (Phi) is 4.03. The smallest absolute Gasteiger partial charge is 0.280 e. The molecule has 0 radical (unpaired) electrons. The van der Waals surface area contributed by atoms with E-state index < -0.39 is 0 Å². The molecule has 7 heteroatoms. The van der Waals surface area contributed by atoms with Crippen LogP contribution in [0.4, 0.5) is 0 Å². The van der Waals surface area contributed by atoms with E-state index in [9.17, 15) is 0 Å². The van der Waals surface area contributed by atoms with Crippen LogP contribution in [0.25, 0.3) is 34.3 Å². The van der Waals surface area contributed by atoms with Crippen molar-refractivity contribution in [3.63, 3.8) is 0 Å². The summed E-state index contributed by atoms with van der Waals surface area (Å²) in [5.74, 6) is 1.24. The van der Waals surface area contributed by atoms with Gasteiger partial charge in [-0.05, 0) is 25.1 Å². The van der Waals surface area contributed by atoms with Crippen LogP contribution >= 0.6 is 23.2 Å². The van der Waals surface area contributed by atoms with Crippen molar-refractivity contribution in [2.75, 3.05) is 0 Å². The largest absolute Gasteiger partial charge is 0.355 e. The summed E-state index contributed by atoms with van der Waals surface area (Å²) in [5, 5.41) is 8.94. The predicted molar refractivity (Wildman–Crippen MR) is 95.4 cm³/mol. The van der Waals surface area contributed by atoms with Gasteiger partial charge in [-0.2, -0.15) is 4.98 Å². The normalized spacial score (nSPS) is 11.0. The van der Waals surface area contributed by atoms with Crippen molar-refractivity contribution in [2.24, 2.45) is 0 Å². The SMILES string of the molecule is Cc1ccc(-c2cc(-c3nc(-c4ccc(Cl)cc4Cl)no3)no2)cc1. The molecule has 5 nitrogen and oxygen atoms in total. The van der Waals surface area contributed by atoms with Gasteiger partial charge in [0.05, 0.1) is 5.02 Å². The average molecular weight is 372 g/mol. The predicted octanol–water partition coefficient (Wildman–Crippen LogP) is 5.67. The van der Waals surface area contributed by atoms with Crippen LogP contribution in [0.15, 0.2) is 57.6 Å². The number of rotatable bonds is 3. The second-order valence-electron chi connectivity index (χ2n) is 5.49. The van der Waals surface area contributed by atoms with E-state index >= 15 is 0 Å². The minimum absolute atomic E-state index is 0.253. The number of nitrogens with zero attached hydrogens (tertiary/aromatic N) is 3. The first-order chi connectivity index (χ1) is 12.1. The second kappa shape index (κ2) is 6.35. The van der Waals surface area contributed by atoms with Crippen LogP contribution in [0.1, 0.15) is 5.56 Å². The van der Waals surface area contributed by atoms with Gasteiger partial charge >= 0.3 is 0 Å². The molecule has 25 heavy (non-hydrogen) atoms. The Balaban J connectivity index is 1.65. The molecule has 2 aromatic carbocycles. The minimum Gasteiger partial charge on any atom is -0.355 e. The fourth-order valence-corrected chi connectivity index (χ4v) is 2.83. The molecule has 2 heterocycles. The summed E-state index contributed by atoms with van der Waals surface area (Å²) in [7, 11) is 0. The van der Waals surface area contributed by atoms with Crippen LogP contribution in [-0.2, 0) is 0 Å². The molecule has 4 aromatic rings. The van der Waals surface area contributed by atoms with E-state index in [1.54, 1.807) is 24.3 Å². The Hall–Kier alpha value is -2.63. The zero-order valence-corrected chi connectivity index (χ0v) is 14.5. The average Bonchev–Trinajstić information content (AvgIpc) is 3.24. The lowest BCUT2D eigenvalue weighted by Crippen LogP contribution is -1.83. The van der Waals surface area contributed by atoms with Crippen LogP contribution < -0.4 is 0 Å². The summed E-state index contributed by atoms with van der Waals surface area (Å²) in [5.41, 5.74) is 3.18. The van der Waals surface area contributed by atoms with Crippen molar-refractivity contribution >= 4 is 23.2 Å². The molecule has 0 unspecified atom stereocenters. The molecular formula is C18H11Cl2N3O2. The van der Waals surface area contributed by atoms with Gasteiger partial charge in [-0.3, -0.25) is 0 Å². The Morgan fingerprint density at radius 3 is 2.44 bits per heavy atom.